The first-order valence-corrected chi connectivity index (χ1v) is 7.01. The maximum Gasteiger partial charge on any atom is 0.132 e. The van der Waals surface area contributed by atoms with Crippen LogP contribution >= 0.6 is 15.9 Å². The molecule has 100 valence electrons. The van der Waals surface area contributed by atoms with Gasteiger partial charge in [0.05, 0.1) is 24.1 Å². The average Bonchev–Trinajstić information content (AvgIpc) is 2.38. The highest BCUT2D eigenvalue weighted by Crippen LogP contribution is 2.13. The van der Waals surface area contributed by atoms with E-state index >= 15 is 0 Å². The van der Waals surface area contributed by atoms with Crippen molar-refractivity contribution in [2.45, 2.75) is 33.2 Å². The predicted octanol–water partition coefficient (Wildman–Crippen LogP) is 2.90. The Balaban J connectivity index is 2.04. The second kappa shape index (κ2) is 6.56. The van der Waals surface area contributed by atoms with Crippen LogP contribution in [0, 0.1) is 6.92 Å². The molecule has 2 rings (SSSR count). The number of hydrogen-bond donors (Lipinski definition) is 1. The van der Waals surface area contributed by atoms with Crippen molar-refractivity contribution < 1.29 is 0 Å². The summed E-state index contributed by atoms with van der Waals surface area (Å²) in [5, 5.41) is 3.24. The highest BCUT2D eigenvalue weighted by Gasteiger charge is 2.03. The number of nitrogens with one attached hydrogen (secondary N) is 1. The normalized spacial score (nSPS) is 10.5. The molecule has 2 heterocycles. The molecular formula is C13H16BrN5. The Morgan fingerprint density at radius 1 is 1.21 bits per heavy atom. The summed E-state index contributed by atoms with van der Waals surface area (Å²) in [6.07, 6.45) is 5.43. The highest BCUT2D eigenvalue weighted by atomic mass is 79.9. The average molecular weight is 322 g/mol. The van der Waals surface area contributed by atoms with E-state index in [2.05, 4.69) is 48.1 Å². The quantitative estimate of drug-likeness (QED) is 0.858. The van der Waals surface area contributed by atoms with Gasteiger partial charge in [0.1, 0.15) is 16.2 Å². The van der Waals surface area contributed by atoms with Gasteiger partial charge in [0, 0.05) is 18.7 Å². The van der Waals surface area contributed by atoms with Crippen LogP contribution in [0.5, 0.6) is 0 Å². The lowest BCUT2D eigenvalue weighted by Crippen LogP contribution is -2.06. The fraction of sp³-hybridized carbons (Fsp3) is 0.385. The minimum atomic E-state index is 0.600. The molecule has 0 atom stereocenters. The molecule has 0 amide bonds. The Bertz CT molecular complexity index is 541. The van der Waals surface area contributed by atoms with Crippen LogP contribution in [0.2, 0.25) is 0 Å². The van der Waals surface area contributed by atoms with Gasteiger partial charge in [-0.15, -0.1) is 0 Å². The molecule has 2 aromatic heterocycles. The van der Waals surface area contributed by atoms with Crippen LogP contribution in [0.15, 0.2) is 23.1 Å². The summed E-state index contributed by atoms with van der Waals surface area (Å²) in [4.78, 5) is 17.3. The van der Waals surface area contributed by atoms with E-state index in [0.717, 1.165) is 40.5 Å². The molecule has 0 spiro atoms. The van der Waals surface area contributed by atoms with Crippen LogP contribution in [-0.2, 0) is 13.0 Å². The van der Waals surface area contributed by atoms with Crippen molar-refractivity contribution in [2.24, 2.45) is 0 Å². The molecule has 0 unspecified atom stereocenters. The van der Waals surface area contributed by atoms with Gasteiger partial charge in [-0.25, -0.2) is 9.97 Å². The molecule has 0 aliphatic heterocycles. The van der Waals surface area contributed by atoms with E-state index < -0.39 is 0 Å². The molecule has 0 saturated heterocycles. The van der Waals surface area contributed by atoms with Crippen molar-refractivity contribution in [3.63, 3.8) is 0 Å². The fourth-order valence-corrected chi connectivity index (χ4v) is 2.00. The van der Waals surface area contributed by atoms with E-state index in [-0.39, 0.29) is 0 Å². The molecule has 6 heteroatoms. The number of anilines is 1. The molecule has 5 nitrogen and oxygen atoms in total. The summed E-state index contributed by atoms with van der Waals surface area (Å²) < 4.78 is 0.795. The van der Waals surface area contributed by atoms with Crippen molar-refractivity contribution >= 4 is 21.7 Å². The first-order valence-electron chi connectivity index (χ1n) is 6.22. The third kappa shape index (κ3) is 4.24. The van der Waals surface area contributed by atoms with E-state index in [4.69, 9.17) is 0 Å². The summed E-state index contributed by atoms with van der Waals surface area (Å²) in [6.45, 7) is 4.63. The molecule has 1 N–H and O–H groups in total. The van der Waals surface area contributed by atoms with Gasteiger partial charge in [0.2, 0.25) is 0 Å². The monoisotopic (exact) mass is 321 g/mol. The van der Waals surface area contributed by atoms with Crippen LogP contribution in [-0.4, -0.2) is 19.9 Å². The van der Waals surface area contributed by atoms with Crippen molar-refractivity contribution in [2.75, 3.05) is 5.32 Å². The highest BCUT2D eigenvalue weighted by molar-refractivity contribution is 9.10. The zero-order valence-electron chi connectivity index (χ0n) is 11.0. The Morgan fingerprint density at radius 2 is 2.05 bits per heavy atom. The maximum absolute atomic E-state index is 4.46. The number of aryl methyl sites for hydroxylation is 2. The predicted molar refractivity (Wildman–Crippen MR) is 77.8 cm³/mol. The van der Waals surface area contributed by atoms with Gasteiger partial charge in [-0.2, -0.15) is 0 Å². The molecule has 0 saturated carbocycles. The zero-order valence-corrected chi connectivity index (χ0v) is 12.6. The van der Waals surface area contributed by atoms with Gasteiger partial charge in [0.15, 0.2) is 0 Å². The smallest absolute Gasteiger partial charge is 0.132 e. The maximum atomic E-state index is 4.46. The van der Waals surface area contributed by atoms with Gasteiger partial charge in [-0.1, -0.05) is 6.92 Å². The largest absolute Gasteiger partial charge is 0.364 e. The van der Waals surface area contributed by atoms with Gasteiger partial charge in [-0.05, 0) is 29.3 Å². The Labute approximate surface area is 121 Å². The molecule has 0 radical (unpaired) electrons. The van der Waals surface area contributed by atoms with Gasteiger partial charge < -0.3 is 5.32 Å². The summed E-state index contributed by atoms with van der Waals surface area (Å²) in [6, 6.07) is 1.86. The lowest BCUT2D eigenvalue weighted by molar-refractivity contribution is 0.827. The number of nitrogens with zero attached hydrogens (tertiary/aromatic N) is 4. The van der Waals surface area contributed by atoms with Gasteiger partial charge in [0.25, 0.3) is 0 Å². The van der Waals surface area contributed by atoms with E-state index in [1.54, 1.807) is 12.4 Å². The Morgan fingerprint density at radius 3 is 2.74 bits per heavy atom. The van der Waals surface area contributed by atoms with E-state index in [1.165, 1.54) is 0 Å². The SMILES string of the molecule is CCCc1nc(Br)cc(NCc2cnc(C)cn2)n1. The van der Waals surface area contributed by atoms with Crippen molar-refractivity contribution in [1.82, 2.24) is 19.9 Å². The molecule has 0 aromatic carbocycles. The van der Waals surface area contributed by atoms with Crippen molar-refractivity contribution in [3.05, 3.63) is 40.3 Å². The molecule has 0 aliphatic carbocycles. The zero-order chi connectivity index (χ0) is 13.7. The minimum Gasteiger partial charge on any atom is -0.364 e. The lowest BCUT2D eigenvalue weighted by atomic mass is 10.3. The van der Waals surface area contributed by atoms with Crippen LogP contribution in [0.1, 0.15) is 30.6 Å². The van der Waals surface area contributed by atoms with Crippen LogP contribution in [0.25, 0.3) is 0 Å². The first kappa shape index (κ1) is 13.9. The Hall–Kier alpha value is -1.56. The standard InChI is InChI=1S/C13H16BrN5/c1-3-4-12-18-11(14)5-13(19-12)17-8-10-7-15-9(2)6-16-10/h5-7H,3-4,8H2,1-2H3,(H,17,18,19). The molecule has 19 heavy (non-hydrogen) atoms. The van der Waals surface area contributed by atoms with Gasteiger partial charge >= 0.3 is 0 Å². The molecule has 0 aliphatic rings. The topological polar surface area (TPSA) is 63.6 Å². The fourth-order valence-electron chi connectivity index (χ4n) is 1.58. The molecule has 0 fully saturated rings. The number of rotatable bonds is 5. The first-order chi connectivity index (χ1) is 9.17. The summed E-state index contributed by atoms with van der Waals surface area (Å²) in [5.74, 6) is 1.64. The van der Waals surface area contributed by atoms with Crippen molar-refractivity contribution in [1.29, 1.82) is 0 Å². The molecule has 2 aromatic rings. The van der Waals surface area contributed by atoms with Gasteiger partial charge in [-0.3, -0.25) is 9.97 Å². The van der Waals surface area contributed by atoms with E-state index in [9.17, 15) is 0 Å². The summed E-state index contributed by atoms with van der Waals surface area (Å²) >= 11 is 3.40. The van der Waals surface area contributed by atoms with Crippen LogP contribution in [0.4, 0.5) is 5.82 Å². The number of hydrogen-bond acceptors (Lipinski definition) is 5. The molecule has 0 bridgehead atoms. The summed E-state index contributed by atoms with van der Waals surface area (Å²) in [5.41, 5.74) is 1.80. The minimum absolute atomic E-state index is 0.600. The molecular weight excluding hydrogens is 306 g/mol. The second-order valence-corrected chi connectivity index (χ2v) is 5.06. The van der Waals surface area contributed by atoms with Crippen molar-refractivity contribution in [3.8, 4) is 0 Å². The Kier molecular flexibility index (Phi) is 4.79. The summed E-state index contributed by atoms with van der Waals surface area (Å²) in [7, 11) is 0. The van der Waals surface area contributed by atoms with Crippen LogP contribution < -0.4 is 5.32 Å². The van der Waals surface area contributed by atoms with Crippen LogP contribution in [0.3, 0.4) is 0 Å². The van der Waals surface area contributed by atoms with E-state index in [0.29, 0.717) is 6.54 Å². The number of halogens is 1. The number of aromatic nitrogens is 4. The second-order valence-electron chi connectivity index (χ2n) is 4.24. The lowest BCUT2D eigenvalue weighted by Gasteiger charge is -2.07. The van der Waals surface area contributed by atoms with E-state index in [1.807, 2.05) is 13.0 Å². The third-order valence-corrected chi connectivity index (χ3v) is 2.91. The third-order valence-electron chi connectivity index (χ3n) is 2.50.